The number of nitrogens with zero attached hydrogens (tertiary/aromatic N) is 1. The van der Waals surface area contributed by atoms with Gasteiger partial charge in [0.1, 0.15) is 0 Å². The van der Waals surface area contributed by atoms with E-state index in [4.69, 9.17) is 26.8 Å². The number of hydrogen-bond donors (Lipinski definition) is 2. The van der Waals surface area contributed by atoms with Crippen molar-refractivity contribution in [3.63, 3.8) is 0 Å². The zero-order valence-electron chi connectivity index (χ0n) is 9.36. The molecule has 0 aliphatic carbocycles. The number of urea groups is 1. The lowest BCUT2D eigenvalue weighted by molar-refractivity contribution is 0.249. The van der Waals surface area contributed by atoms with Gasteiger partial charge >= 0.3 is 6.03 Å². The van der Waals surface area contributed by atoms with Crippen molar-refractivity contribution in [3.8, 4) is 11.5 Å². The third-order valence-electron chi connectivity index (χ3n) is 1.89. The summed E-state index contributed by atoms with van der Waals surface area (Å²) in [6, 6.07) is 2.60. The minimum atomic E-state index is -0.752. The standard InChI is InChI=1S/C10H12ClN3O3/c1-16-7-4-3-6(5-13-14-10(12)15)8(11)9(7)17-2/h3-5H,1-2H3,(H3,12,14,15)/b13-5-. The van der Waals surface area contributed by atoms with Gasteiger partial charge in [0.25, 0.3) is 0 Å². The lowest BCUT2D eigenvalue weighted by Crippen LogP contribution is -2.24. The number of hydrogen-bond acceptors (Lipinski definition) is 4. The summed E-state index contributed by atoms with van der Waals surface area (Å²) in [5.74, 6) is 0.912. The van der Waals surface area contributed by atoms with Crippen molar-refractivity contribution in [2.45, 2.75) is 0 Å². The Hall–Kier alpha value is -1.95. The number of halogens is 1. The van der Waals surface area contributed by atoms with Gasteiger partial charge in [-0.15, -0.1) is 0 Å². The molecule has 0 radical (unpaired) electrons. The molecule has 6 nitrogen and oxygen atoms in total. The molecule has 0 heterocycles. The molecule has 2 amide bonds. The predicted octanol–water partition coefficient (Wildman–Crippen LogP) is 1.36. The number of ether oxygens (including phenoxy) is 2. The molecule has 7 heteroatoms. The van der Waals surface area contributed by atoms with Gasteiger partial charge in [-0.25, -0.2) is 10.2 Å². The van der Waals surface area contributed by atoms with Gasteiger partial charge in [0.05, 0.1) is 25.5 Å². The summed E-state index contributed by atoms with van der Waals surface area (Å²) >= 11 is 6.07. The van der Waals surface area contributed by atoms with E-state index in [1.54, 1.807) is 12.1 Å². The van der Waals surface area contributed by atoms with Gasteiger partial charge in [0.15, 0.2) is 11.5 Å². The van der Waals surface area contributed by atoms with Gasteiger partial charge in [-0.1, -0.05) is 11.6 Å². The summed E-state index contributed by atoms with van der Waals surface area (Å²) in [5, 5.41) is 3.94. The maximum atomic E-state index is 10.4. The Morgan fingerprint density at radius 3 is 2.71 bits per heavy atom. The third-order valence-corrected chi connectivity index (χ3v) is 2.28. The summed E-state index contributed by atoms with van der Waals surface area (Å²) in [7, 11) is 2.99. The van der Waals surface area contributed by atoms with Crippen LogP contribution in [0.5, 0.6) is 11.5 Å². The molecule has 0 aliphatic rings. The first kappa shape index (κ1) is 13.1. The number of carbonyl (C=O) groups is 1. The molecular formula is C10H12ClN3O3. The number of carbonyl (C=O) groups excluding carboxylic acids is 1. The lowest BCUT2D eigenvalue weighted by Gasteiger charge is -2.10. The SMILES string of the molecule is COc1ccc(/C=N\NC(N)=O)c(Cl)c1OC. The molecule has 3 N–H and O–H groups in total. The molecule has 1 aromatic carbocycles. The summed E-state index contributed by atoms with van der Waals surface area (Å²) in [6.07, 6.45) is 1.36. The van der Waals surface area contributed by atoms with E-state index in [-0.39, 0.29) is 0 Å². The molecule has 0 saturated heterocycles. The molecule has 0 unspecified atom stereocenters. The molecule has 0 aliphatic heterocycles. The number of nitrogens with one attached hydrogen (secondary N) is 1. The molecule has 0 saturated carbocycles. The molecule has 1 rings (SSSR count). The molecule has 92 valence electrons. The highest BCUT2D eigenvalue weighted by atomic mass is 35.5. The van der Waals surface area contributed by atoms with E-state index < -0.39 is 6.03 Å². The fraction of sp³-hybridized carbons (Fsp3) is 0.200. The molecule has 0 spiro atoms. The molecule has 1 aromatic rings. The maximum absolute atomic E-state index is 10.4. The highest BCUT2D eigenvalue weighted by Crippen LogP contribution is 2.36. The summed E-state index contributed by atoms with van der Waals surface area (Å²) in [6.45, 7) is 0. The van der Waals surface area contributed by atoms with E-state index in [0.717, 1.165) is 0 Å². The van der Waals surface area contributed by atoms with Crippen LogP contribution in [-0.4, -0.2) is 26.5 Å². The molecule has 0 aromatic heterocycles. The third kappa shape index (κ3) is 3.25. The van der Waals surface area contributed by atoms with Crippen LogP contribution in [0.2, 0.25) is 5.02 Å². The Kier molecular flexibility index (Phi) is 4.59. The van der Waals surface area contributed by atoms with Gasteiger partial charge in [0.2, 0.25) is 0 Å². The van der Waals surface area contributed by atoms with E-state index in [2.05, 4.69) is 10.5 Å². The zero-order valence-corrected chi connectivity index (χ0v) is 10.1. The minimum absolute atomic E-state index is 0.335. The van der Waals surface area contributed by atoms with E-state index in [1.807, 2.05) is 0 Å². The van der Waals surface area contributed by atoms with Crippen molar-refractivity contribution in [1.82, 2.24) is 5.43 Å². The van der Waals surface area contributed by atoms with Crippen molar-refractivity contribution in [2.24, 2.45) is 10.8 Å². The van der Waals surface area contributed by atoms with Gasteiger partial charge in [0, 0.05) is 5.56 Å². The number of nitrogens with two attached hydrogens (primary N) is 1. The van der Waals surface area contributed by atoms with Crippen molar-refractivity contribution >= 4 is 23.8 Å². The first-order valence-electron chi connectivity index (χ1n) is 4.59. The Morgan fingerprint density at radius 1 is 1.47 bits per heavy atom. The first-order chi connectivity index (χ1) is 8.10. The van der Waals surface area contributed by atoms with Gasteiger partial charge in [-0.2, -0.15) is 5.10 Å². The molecule has 0 fully saturated rings. The zero-order chi connectivity index (χ0) is 12.8. The van der Waals surface area contributed by atoms with Crippen molar-refractivity contribution < 1.29 is 14.3 Å². The van der Waals surface area contributed by atoms with Crippen molar-refractivity contribution in [1.29, 1.82) is 0 Å². The Balaban J connectivity index is 3.02. The second-order valence-electron chi connectivity index (χ2n) is 2.94. The van der Waals surface area contributed by atoms with Gasteiger partial charge in [-0.3, -0.25) is 0 Å². The Morgan fingerprint density at radius 2 is 2.18 bits per heavy atom. The summed E-state index contributed by atoms with van der Waals surface area (Å²) in [5.41, 5.74) is 7.49. The van der Waals surface area contributed by atoms with Gasteiger partial charge < -0.3 is 15.2 Å². The van der Waals surface area contributed by atoms with Crippen LogP contribution < -0.4 is 20.6 Å². The number of primary amides is 1. The highest BCUT2D eigenvalue weighted by molar-refractivity contribution is 6.34. The average molecular weight is 258 g/mol. The van der Waals surface area contributed by atoms with Crippen LogP contribution in [0.3, 0.4) is 0 Å². The molecule has 0 atom stereocenters. The topological polar surface area (TPSA) is 85.9 Å². The Bertz CT molecular complexity index is 449. The molecule has 0 bridgehead atoms. The van der Waals surface area contributed by atoms with Crippen LogP contribution in [-0.2, 0) is 0 Å². The Labute approximate surface area is 103 Å². The van der Waals surface area contributed by atoms with Gasteiger partial charge in [-0.05, 0) is 12.1 Å². The summed E-state index contributed by atoms with van der Waals surface area (Å²) in [4.78, 5) is 10.4. The number of benzene rings is 1. The van der Waals surface area contributed by atoms with Crippen molar-refractivity contribution in [2.75, 3.05) is 14.2 Å². The highest BCUT2D eigenvalue weighted by Gasteiger charge is 2.11. The second kappa shape index (κ2) is 5.95. The second-order valence-corrected chi connectivity index (χ2v) is 3.32. The smallest absolute Gasteiger partial charge is 0.332 e. The minimum Gasteiger partial charge on any atom is -0.493 e. The van der Waals surface area contributed by atoms with Crippen LogP contribution in [0.15, 0.2) is 17.2 Å². The molecular weight excluding hydrogens is 246 g/mol. The number of hydrazone groups is 1. The maximum Gasteiger partial charge on any atom is 0.332 e. The van der Waals surface area contributed by atoms with E-state index in [9.17, 15) is 4.79 Å². The first-order valence-corrected chi connectivity index (χ1v) is 4.97. The fourth-order valence-electron chi connectivity index (χ4n) is 1.17. The number of methoxy groups -OCH3 is 2. The van der Waals surface area contributed by atoms with E-state index in [0.29, 0.717) is 22.1 Å². The largest absolute Gasteiger partial charge is 0.493 e. The lowest BCUT2D eigenvalue weighted by atomic mass is 10.2. The van der Waals surface area contributed by atoms with Crippen LogP contribution in [0.1, 0.15) is 5.56 Å². The van der Waals surface area contributed by atoms with Crippen LogP contribution in [0.4, 0.5) is 4.79 Å². The fourth-order valence-corrected chi connectivity index (χ4v) is 1.45. The number of rotatable bonds is 4. The normalized spacial score (nSPS) is 10.3. The van der Waals surface area contributed by atoms with E-state index >= 15 is 0 Å². The predicted molar refractivity (Wildman–Crippen MR) is 64.9 cm³/mol. The average Bonchev–Trinajstić information content (AvgIpc) is 2.30. The summed E-state index contributed by atoms with van der Waals surface area (Å²) < 4.78 is 10.2. The monoisotopic (exact) mass is 257 g/mol. The quantitative estimate of drug-likeness (QED) is 0.631. The number of amides is 2. The van der Waals surface area contributed by atoms with Crippen molar-refractivity contribution in [3.05, 3.63) is 22.7 Å². The van der Waals surface area contributed by atoms with Crippen LogP contribution in [0.25, 0.3) is 0 Å². The van der Waals surface area contributed by atoms with Crippen LogP contribution in [0, 0.1) is 0 Å². The molecule has 17 heavy (non-hydrogen) atoms. The van der Waals surface area contributed by atoms with E-state index in [1.165, 1.54) is 20.4 Å². The van der Waals surface area contributed by atoms with Crippen LogP contribution >= 0.6 is 11.6 Å².